The molecule has 0 saturated heterocycles. The minimum absolute atomic E-state index is 0.211. The monoisotopic (exact) mass is 242 g/mol. The molecule has 0 aliphatic heterocycles. The molecule has 5 nitrogen and oxygen atoms in total. The summed E-state index contributed by atoms with van der Waals surface area (Å²) >= 11 is 1.35. The van der Waals surface area contributed by atoms with Gasteiger partial charge in [-0.05, 0) is 6.92 Å². The number of aromatic nitrogens is 1. The number of amides is 1. The Kier molecular flexibility index (Phi) is 4.42. The molecule has 0 saturated carbocycles. The second-order valence-corrected chi connectivity index (χ2v) is 4.18. The molecule has 16 heavy (non-hydrogen) atoms. The number of thiazole rings is 1. The summed E-state index contributed by atoms with van der Waals surface area (Å²) in [6.45, 7) is 4.09. The van der Waals surface area contributed by atoms with Crippen LogP contribution in [0.4, 0.5) is 0 Å². The van der Waals surface area contributed by atoms with Crippen molar-refractivity contribution in [2.45, 2.75) is 13.8 Å². The minimum Gasteiger partial charge on any atom is -0.481 e. The van der Waals surface area contributed by atoms with E-state index in [1.165, 1.54) is 16.2 Å². The number of hydrogen-bond acceptors (Lipinski definition) is 4. The van der Waals surface area contributed by atoms with Gasteiger partial charge in [-0.3, -0.25) is 9.59 Å². The van der Waals surface area contributed by atoms with Crippen molar-refractivity contribution < 1.29 is 14.7 Å². The highest BCUT2D eigenvalue weighted by Crippen LogP contribution is 2.08. The van der Waals surface area contributed by atoms with Gasteiger partial charge in [0, 0.05) is 18.5 Å². The largest absolute Gasteiger partial charge is 0.481 e. The van der Waals surface area contributed by atoms with Crippen molar-refractivity contribution in [1.82, 2.24) is 9.88 Å². The number of carbonyl (C=O) groups is 2. The fourth-order valence-corrected chi connectivity index (χ4v) is 1.77. The second kappa shape index (κ2) is 5.60. The van der Waals surface area contributed by atoms with E-state index in [4.69, 9.17) is 5.11 Å². The Labute approximate surface area is 97.7 Å². The van der Waals surface area contributed by atoms with Gasteiger partial charge >= 0.3 is 5.97 Å². The van der Waals surface area contributed by atoms with E-state index in [1.807, 2.05) is 6.92 Å². The number of nitrogens with zero attached hydrogens (tertiary/aromatic N) is 2. The first-order valence-corrected chi connectivity index (χ1v) is 5.90. The lowest BCUT2D eigenvalue weighted by atomic mass is 10.1. The predicted molar refractivity (Wildman–Crippen MR) is 60.5 cm³/mol. The number of carbonyl (C=O) groups excluding carboxylic acids is 1. The number of aliphatic carboxylic acids is 1. The normalized spacial score (nSPS) is 12.1. The van der Waals surface area contributed by atoms with Gasteiger partial charge in [0.15, 0.2) is 0 Å². The van der Waals surface area contributed by atoms with Crippen LogP contribution in [0.25, 0.3) is 0 Å². The molecule has 1 heterocycles. The Morgan fingerprint density at radius 1 is 1.62 bits per heavy atom. The molecular formula is C10H14N2O3S. The van der Waals surface area contributed by atoms with E-state index < -0.39 is 11.9 Å². The molecule has 1 unspecified atom stereocenters. The summed E-state index contributed by atoms with van der Waals surface area (Å²) in [4.78, 5) is 28.0. The van der Waals surface area contributed by atoms with Gasteiger partial charge in [0.1, 0.15) is 5.69 Å². The van der Waals surface area contributed by atoms with Gasteiger partial charge in [-0.2, -0.15) is 0 Å². The van der Waals surface area contributed by atoms with Crippen molar-refractivity contribution in [1.29, 1.82) is 0 Å². The molecule has 6 heteroatoms. The zero-order valence-corrected chi connectivity index (χ0v) is 10.0. The Morgan fingerprint density at radius 3 is 2.75 bits per heavy atom. The van der Waals surface area contributed by atoms with E-state index in [0.717, 1.165) is 0 Å². The van der Waals surface area contributed by atoms with Crippen molar-refractivity contribution in [2.24, 2.45) is 5.92 Å². The molecular weight excluding hydrogens is 228 g/mol. The first-order valence-electron chi connectivity index (χ1n) is 4.96. The molecule has 88 valence electrons. The van der Waals surface area contributed by atoms with E-state index in [0.29, 0.717) is 12.2 Å². The van der Waals surface area contributed by atoms with Crippen LogP contribution < -0.4 is 0 Å². The molecule has 1 aromatic rings. The van der Waals surface area contributed by atoms with Gasteiger partial charge in [0.2, 0.25) is 0 Å². The van der Waals surface area contributed by atoms with Crippen LogP contribution in [-0.4, -0.2) is 40.0 Å². The third kappa shape index (κ3) is 3.03. The topological polar surface area (TPSA) is 70.5 Å². The van der Waals surface area contributed by atoms with Crippen molar-refractivity contribution in [3.05, 3.63) is 16.6 Å². The molecule has 0 fully saturated rings. The van der Waals surface area contributed by atoms with Crippen LogP contribution in [0.3, 0.4) is 0 Å². The molecule has 0 aromatic carbocycles. The minimum atomic E-state index is -0.899. The zero-order chi connectivity index (χ0) is 12.1. The molecule has 1 N–H and O–H groups in total. The summed E-state index contributed by atoms with van der Waals surface area (Å²) < 4.78 is 0. The molecule has 1 amide bonds. The SMILES string of the molecule is CCN(CC(C)C(=O)O)C(=O)c1cscn1. The average molecular weight is 242 g/mol. The molecule has 1 rings (SSSR count). The standard InChI is InChI=1S/C10H14N2O3S/c1-3-12(4-7(2)10(14)15)9(13)8-5-16-6-11-8/h5-7H,3-4H2,1-2H3,(H,14,15). The summed E-state index contributed by atoms with van der Waals surface area (Å²) in [6, 6.07) is 0. The predicted octanol–water partition coefficient (Wildman–Crippen LogP) is 1.33. The van der Waals surface area contributed by atoms with Crippen molar-refractivity contribution in [3.63, 3.8) is 0 Å². The van der Waals surface area contributed by atoms with Gasteiger partial charge in [0.25, 0.3) is 5.91 Å². The fraction of sp³-hybridized carbons (Fsp3) is 0.500. The maximum Gasteiger partial charge on any atom is 0.308 e. The Hall–Kier alpha value is -1.43. The van der Waals surface area contributed by atoms with Crippen LogP contribution >= 0.6 is 11.3 Å². The van der Waals surface area contributed by atoms with Crippen LogP contribution in [0, 0.1) is 5.92 Å². The molecule has 0 spiro atoms. The van der Waals surface area contributed by atoms with E-state index in [-0.39, 0.29) is 12.5 Å². The molecule has 0 aliphatic carbocycles. The fourth-order valence-electron chi connectivity index (χ4n) is 1.24. The third-order valence-electron chi connectivity index (χ3n) is 2.24. The molecule has 0 bridgehead atoms. The highest BCUT2D eigenvalue weighted by molar-refractivity contribution is 7.07. The van der Waals surface area contributed by atoms with E-state index >= 15 is 0 Å². The van der Waals surface area contributed by atoms with Crippen molar-refractivity contribution >= 4 is 23.2 Å². The number of hydrogen-bond donors (Lipinski definition) is 1. The maximum atomic E-state index is 11.9. The quantitative estimate of drug-likeness (QED) is 0.845. The van der Waals surface area contributed by atoms with Gasteiger partial charge in [-0.25, -0.2) is 4.98 Å². The van der Waals surface area contributed by atoms with E-state index in [1.54, 1.807) is 17.8 Å². The van der Waals surface area contributed by atoms with E-state index in [9.17, 15) is 9.59 Å². The lowest BCUT2D eigenvalue weighted by Gasteiger charge is -2.21. The van der Waals surface area contributed by atoms with Gasteiger partial charge in [-0.15, -0.1) is 11.3 Å². The number of carboxylic acids is 1. The molecule has 0 aliphatic rings. The highest BCUT2D eigenvalue weighted by Gasteiger charge is 2.21. The van der Waals surface area contributed by atoms with Crippen molar-refractivity contribution in [2.75, 3.05) is 13.1 Å². The summed E-state index contributed by atoms with van der Waals surface area (Å²) in [5, 5.41) is 10.5. The van der Waals surface area contributed by atoms with Crippen LogP contribution in [0.15, 0.2) is 10.9 Å². The van der Waals surface area contributed by atoms with Crippen LogP contribution in [0.1, 0.15) is 24.3 Å². The summed E-state index contributed by atoms with van der Waals surface area (Å²) in [6.07, 6.45) is 0. The first-order chi connectivity index (χ1) is 7.56. The number of carboxylic acid groups (broad SMARTS) is 1. The molecule has 1 atom stereocenters. The lowest BCUT2D eigenvalue weighted by molar-refractivity contribution is -0.141. The smallest absolute Gasteiger partial charge is 0.308 e. The van der Waals surface area contributed by atoms with Crippen LogP contribution in [0.5, 0.6) is 0 Å². The summed E-state index contributed by atoms with van der Waals surface area (Å²) in [7, 11) is 0. The van der Waals surface area contributed by atoms with Gasteiger partial charge in [-0.1, -0.05) is 6.92 Å². The van der Waals surface area contributed by atoms with E-state index in [2.05, 4.69) is 4.98 Å². The molecule has 0 radical (unpaired) electrons. The van der Waals surface area contributed by atoms with Gasteiger partial charge < -0.3 is 10.0 Å². The average Bonchev–Trinajstić information content (AvgIpc) is 2.77. The highest BCUT2D eigenvalue weighted by atomic mass is 32.1. The summed E-state index contributed by atoms with van der Waals surface area (Å²) in [5.41, 5.74) is 1.96. The Morgan fingerprint density at radius 2 is 2.31 bits per heavy atom. The maximum absolute atomic E-state index is 11.9. The first kappa shape index (κ1) is 12.6. The van der Waals surface area contributed by atoms with Crippen LogP contribution in [-0.2, 0) is 4.79 Å². The second-order valence-electron chi connectivity index (χ2n) is 3.46. The Bertz CT molecular complexity index is 364. The Balaban J connectivity index is 2.68. The molecule has 1 aromatic heterocycles. The lowest BCUT2D eigenvalue weighted by Crippen LogP contribution is -2.36. The third-order valence-corrected chi connectivity index (χ3v) is 2.82. The summed E-state index contributed by atoms with van der Waals surface area (Å²) in [5.74, 6) is -1.68. The van der Waals surface area contributed by atoms with Crippen molar-refractivity contribution in [3.8, 4) is 0 Å². The van der Waals surface area contributed by atoms with Crippen LogP contribution in [0.2, 0.25) is 0 Å². The zero-order valence-electron chi connectivity index (χ0n) is 9.21. The van der Waals surface area contributed by atoms with Gasteiger partial charge in [0.05, 0.1) is 11.4 Å². The number of rotatable bonds is 5.